The number of alkyl halides is 1. The fraction of sp³-hybridized carbons (Fsp3) is 0.917. The summed E-state index contributed by atoms with van der Waals surface area (Å²) in [6.45, 7) is 1.07. The van der Waals surface area contributed by atoms with E-state index in [9.17, 15) is 4.79 Å². The van der Waals surface area contributed by atoms with Crippen molar-refractivity contribution in [3.8, 4) is 0 Å². The molecule has 0 aromatic rings. The lowest BCUT2D eigenvalue weighted by Crippen LogP contribution is -2.25. The number of hydrogen-bond acceptors (Lipinski definition) is 2. The topological polar surface area (TPSA) is 49.3 Å². The third kappa shape index (κ3) is 11.8. The van der Waals surface area contributed by atoms with Crippen molar-refractivity contribution in [3.05, 3.63) is 0 Å². The molecule has 0 saturated carbocycles. The fourth-order valence-electron chi connectivity index (χ4n) is 1.57. The third-order valence-corrected chi connectivity index (χ3v) is 2.77. The summed E-state index contributed by atoms with van der Waals surface area (Å²) in [5, 5.41) is 11.3. The van der Waals surface area contributed by atoms with Gasteiger partial charge in [-0.1, -0.05) is 38.5 Å². The van der Waals surface area contributed by atoms with Crippen molar-refractivity contribution in [2.45, 2.75) is 51.4 Å². The Bertz CT molecular complexity index is 165. The van der Waals surface area contributed by atoms with Gasteiger partial charge in [-0.2, -0.15) is 0 Å². The Hall–Kier alpha value is -0.280. The van der Waals surface area contributed by atoms with E-state index in [1.165, 1.54) is 32.1 Å². The van der Waals surface area contributed by atoms with Crippen molar-refractivity contribution in [2.24, 2.45) is 0 Å². The smallest absolute Gasteiger partial charge is 0.234 e. The first-order chi connectivity index (χ1) is 7.81. The molecule has 2 N–H and O–H groups in total. The fourth-order valence-corrected chi connectivity index (χ4v) is 1.67. The maximum Gasteiger partial charge on any atom is 0.234 e. The lowest BCUT2D eigenvalue weighted by Gasteiger charge is -2.03. The summed E-state index contributed by atoms with van der Waals surface area (Å²) < 4.78 is 0. The molecule has 0 radical (unpaired) electrons. The highest BCUT2D eigenvalue weighted by molar-refractivity contribution is 6.27. The first kappa shape index (κ1) is 15.7. The highest BCUT2D eigenvalue weighted by Gasteiger charge is 1.96. The van der Waals surface area contributed by atoms with Gasteiger partial charge in [0, 0.05) is 13.2 Å². The maximum absolute atomic E-state index is 10.8. The molecular formula is C12H24ClNO2. The van der Waals surface area contributed by atoms with Crippen LogP contribution in [0.1, 0.15) is 51.4 Å². The summed E-state index contributed by atoms with van der Waals surface area (Å²) in [4.78, 5) is 10.8. The Labute approximate surface area is 104 Å². The number of carbonyl (C=O) groups is 1. The standard InChI is InChI=1S/C12H24ClNO2/c13-11-12(16)14-9-7-5-3-1-2-4-6-8-10-15/h15H,1-11H2,(H,14,16). The van der Waals surface area contributed by atoms with E-state index in [1.54, 1.807) is 0 Å². The van der Waals surface area contributed by atoms with Gasteiger partial charge in [-0.05, 0) is 12.8 Å². The predicted molar refractivity (Wildman–Crippen MR) is 67.8 cm³/mol. The predicted octanol–water partition coefficient (Wildman–Crippen LogP) is 2.45. The second-order valence-corrected chi connectivity index (χ2v) is 4.30. The van der Waals surface area contributed by atoms with Gasteiger partial charge in [0.25, 0.3) is 0 Å². The van der Waals surface area contributed by atoms with Gasteiger partial charge >= 0.3 is 0 Å². The molecule has 96 valence electrons. The third-order valence-electron chi connectivity index (χ3n) is 2.53. The van der Waals surface area contributed by atoms with Gasteiger partial charge in [0.15, 0.2) is 0 Å². The molecule has 0 rings (SSSR count). The monoisotopic (exact) mass is 249 g/mol. The van der Waals surface area contributed by atoms with E-state index in [0.29, 0.717) is 6.61 Å². The molecule has 0 aliphatic heterocycles. The van der Waals surface area contributed by atoms with Crippen LogP contribution >= 0.6 is 11.6 Å². The maximum atomic E-state index is 10.8. The zero-order valence-electron chi connectivity index (χ0n) is 10.0. The molecule has 0 heterocycles. The number of nitrogens with one attached hydrogen (secondary N) is 1. The molecule has 0 bridgehead atoms. The summed E-state index contributed by atoms with van der Waals surface area (Å²) in [6, 6.07) is 0. The van der Waals surface area contributed by atoms with Gasteiger partial charge in [0.2, 0.25) is 5.91 Å². The highest BCUT2D eigenvalue weighted by atomic mass is 35.5. The van der Waals surface area contributed by atoms with E-state index in [4.69, 9.17) is 16.7 Å². The van der Waals surface area contributed by atoms with E-state index >= 15 is 0 Å². The van der Waals surface area contributed by atoms with Crippen molar-refractivity contribution in [2.75, 3.05) is 19.0 Å². The first-order valence-electron chi connectivity index (χ1n) is 6.24. The molecule has 0 aliphatic rings. The van der Waals surface area contributed by atoms with Gasteiger partial charge in [0.1, 0.15) is 5.88 Å². The minimum Gasteiger partial charge on any atom is -0.396 e. The van der Waals surface area contributed by atoms with Crippen LogP contribution in [-0.2, 0) is 4.79 Å². The lowest BCUT2D eigenvalue weighted by molar-refractivity contribution is -0.118. The Morgan fingerprint density at radius 2 is 1.44 bits per heavy atom. The summed E-state index contributed by atoms with van der Waals surface area (Å²) in [7, 11) is 0. The molecule has 0 unspecified atom stereocenters. The number of halogens is 1. The summed E-state index contributed by atoms with van der Waals surface area (Å²) in [5.74, 6) is -0.0177. The summed E-state index contributed by atoms with van der Waals surface area (Å²) >= 11 is 5.35. The Morgan fingerprint density at radius 3 is 1.94 bits per heavy atom. The number of hydrogen-bond donors (Lipinski definition) is 2. The number of carbonyl (C=O) groups excluding carboxylic acids is 1. The van der Waals surface area contributed by atoms with Crippen molar-refractivity contribution >= 4 is 17.5 Å². The van der Waals surface area contributed by atoms with E-state index in [0.717, 1.165) is 25.8 Å². The summed E-state index contributed by atoms with van der Waals surface area (Å²) in [5.41, 5.74) is 0. The first-order valence-corrected chi connectivity index (χ1v) is 6.78. The second kappa shape index (κ2) is 12.8. The van der Waals surface area contributed by atoms with Crippen LogP contribution in [0, 0.1) is 0 Å². The van der Waals surface area contributed by atoms with Gasteiger partial charge < -0.3 is 10.4 Å². The molecule has 0 atom stereocenters. The Kier molecular flexibility index (Phi) is 12.6. The zero-order valence-corrected chi connectivity index (χ0v) is 10.8. The second-order valence-electron chi connectivity index (χ2n) is 4.04. The number of aliphatic hydroxyl groups excluding tert-OH is 1. The van der Waals surface area contributed by atoms with Gasteiger partial charge in [0.05, 0.1) is 0 Å². The number of rotatable bonds is 11. The quantitative estimate of drug-likeness (QED) is 0.437. The van der Waals surface area contributed by atoms with Crippen LogP contribution in [0.25, 0.3) is 0 Å². The van der Waals surface area contributed by atoms with E-state index in [2.05, 4.69) is 5.32 Å². The molecule has 0 aromatic carbocycles. The van der Waals surface area contributed by atoms with E-state index in [1.807, 2.05) is 0 Å². The minimum absolute atomic E-state index is 0.0604. The van der Waals surface area contributed by atoms with Gasteiger partial charge in [-0.3, -0.25) is 4.79 Å². The number of unbranched alkanes of at least 4 members (excludes halogenated alkanes) is 7. The van der Waals surface area contributed by atoms with E-state index in [-0.39, 0.29) is 11.8 Å². The van der Waals surface area contributed by atoms with Crippen LogP contribution in [0.2, 0.25) is 0 Å². The lowest BCUT2D eigenvalue weighted by atomic mass is 10.1. The van der Waals surface area contributed by atoms with Crippen molar-refractivity contribution in [1.82, 2.24) is 5.32 Å². The van der Waals surface area contributed by atoms with Crippen LogP contribution in [0.15, 0.2) is 0 Å². The van der Waals surface area contributed by atoms with Crippen LogP contribution in [0.4, 0.5) is 0 Å². The van der Waals surface area contributed by atoms with E-state index < -0.39 is 0 Å². The molecule has 0 saturated heterocycles. The Morgan fingerprint density at radius 1 is 0.938 bits per heavy atom. The number of aliphatic hydroxyl groups is 1. The molecule has 1 amide bonds. The molecule has 16 heavy (non-hydrogen) atoms. The molecule has 0 spiro atoms. The van der Waals surface area contributed by atoms with Crippen LogP contribution in [-0.4, -0.2) is 30.0 Å². The van der Waals surface area contributed by atoms with Crippen molar-refractivity contribution < 1.29 is 9.90 Å². The molecular weight excluding hydrogens is 226 g/mol. The summed E-state index contributed by atoms with van der Waals surface area (Å²) in [6.07, 6.45) is 9.26. The molecule has 0 aromatic heterocycles. The van der Waals surface area contributed by atoms with Crippen LogP contribution < -0.4 is 5.32 Å². The normalized spacial score (nSPS) is 10.4. The largest absolute Gasteiger partial charge is 0.396 e. The van der Waals surface area contributed by atoms with Gasteiger partial charge in [-0.25, -0.2) is 0 Å². The van der Waals surface area contributed by atoms with Crippen molar-refractivity contribution in [1.29, 1.82) is 0 Å². The zero-order chi connectivity index (χ0) is 12.1. The highest BCUT2D eigenvalue weighted by Crippen LogP contribution is 2.07. The molecule has 4 heteroatoms. The van der Waals surface area contributed by atoms with Crippen LogP contribution in [0.5, 0.6) is 0 Å². The Balaban J connectivity index is 2.96. The molecule has 0 fully saturated rings. The van der Waals surface area contributed by atoms with Crippen LogP contribution in [0.3, 0.4) is 0 Å². The average Bonchev–Trinajstić information content (AvgIpc) is 2.31. The molecule has 0 aliphatic carbocycles. The van der Waals surface area contributed by atoms with Gasteiger partial charge in [-0.15, -0.1) is 11.6 Å². The SMILES string of the molecule is O=C(CCl)NCCCCCCCCCCO. The molecule has 3 nitrogen and oxygen atoms in total. The number of amides is 1. The van der Waals surface area contributed by atoms with Crippen molar-refractivity contribution in [3.63, 3.8) is 0 Å². The minimum atomic E-state index is -0.0781. The average molecular weight is 250 g/mol.